The molecule has 130 valence electrons. The summed E-state index contributed by atoms with van der Waals surface area (Å²) in [6, 6.07) is 7.48. The predicted octanol–water partition coefficient (Wildman–Crippen LogP) is 3.80. The SMILES string of the molecule is CC1(C(=O)NCc2cc3cc(Cl)c(COc4ccon4)cc3[nH]2)CC1. The maximum Gasteiger partial charge on any atom is 0.254 e. The van der Waals surface area contributed by atoms with Crippen molar-refractivity contribution in [2.45, 2.75) is 32.9 Å². The minimum absolute atomic E-state index is 0.117. The fourth-order valence-corrected chi connectivity index (χ4v) is 2.92. The minimum Gasteiger partial charge on any atom is -0.471 e. The zero-order chi connectivity index (χ0) is 17.4. The molecule has 25 heavy (non-hydrogen) atoms. The van der Waals surface area contributed by atoms with E-state index >= 15 is 0 Å². The summed E-state index contributed by atoms with van der Waals surface area (Å²) < 4.78 is 10.3. The van der Waals surface area contributed by atoms with Crippen molar-refractivity contribution < 1.29 is 14.1 Å². The average Bonchev–Trinajstić information content (AvgIpc) is 3.01. The molecular formula is C18H18ClN3O3. The molecule has 0 radical (unpaired) electrons. The van der Waals surface area contributed by atoms with Crippen LogP contribution in [0.15, 0.2) is 35.1 Å². The minimum atomic E-state index is -0.166. The van der Waals surface area contributed by atoms with Crippen molar-refractivity contribution in [3.8, 4) is 5.88 Å². The molecule has 7 heteroatoms. The molecule has 1 fully saturated rings. The second-order valence-corrected chi connectivity index (χ2v) is 7.10. The molecule has 2 heterocycles. The van der Waals surface area contributed by atoms with Gasteiger partial charge in [0, 0.05) is 38.7 Å². The lowest BCUT2D eigenvalue weighted by atomic mass is 10.1. The van der Waals surface area contributed by atoms with Crippen LogP contribution in [0.5, 0.6) is 5.88 Å². The Morgan fingerprint density at radius 1 is 1.44 bits per heavy atom. The largest absolute Gasteiger partial charge is 0.471 e. The summed E-state index contributed by atoms with van der Waals surface area (Å²) in [4.78, 5) is 15.4. The maximum atomic E-state index is 12.0. The highest BCUT2D eigenvalue weighted by Crippen LogP contribution is 2.45. The molecule has 1 aliphatic rings. The molecule has 6 nitrogen and oxygen atoms in total. The summed E-state index contributed by atoms with van der Waals surface area (Å²) in [5.41, 5.74) is 2.57. The lowest BCUT2D eigenvalue weighted by Crippen LogP contribution is -2.29. The van der Waals surface area contributed by atoms with Gasteiger partial charge >= 0.3 is 0 Å². The summed E-state index contributed by atoms with van der Waals surface area (Å²) in [6.45, 7) is 2.77. The Balaban J connectivity index is 1.47. The van der Waals surface area contributed by atoms with E-state index in [1.807, 2.05) is 25.1 Å². The van der Waals surface area contributed by atoms with Crippen LogP contribution in [0.25, 0.3) is 10.9 Å². The van der Waals surface area contributed by atoms with Crippen LogP contribution in [0.4, 0.5) is 0 Å². The second kappa shape index (κ2) is 6.11. The molecule has 2 aromatic heterocycles. The number of hydrogen-bond donors (Lipinski definition) is 2. The average molecular weight is 360 g/mol. The first kappa shape index (κ1) is 16.0. The number of carbonyl (C=O) groups is 1. The van der Waals surface area contributed by atoms with Crippen LogP contribution in [-0.4, -0.2) is 16.0 Å². The van der Waals surface area contributed by atoms with E-state index in [4.69, 9.17) is 20.9 Å². The third-order valence-electron chi connectivity index (χ3n) is 4.62. The Labute approximate surface area is 149 Å². The van der Waals surface area contributed by atoms with Gasteiger partial charge in [-0.15, -0.1) is 0 Å². The van der Waals surface area contributed by atoms with Gasteiger partial charge in [0.1, 0.15) is 12.9 Å². The zero-order valence-corrected chi connectivity index (χ0v) is 14.5. The lowest BCUT2D eigenvalue weighted by Gasteiger charge is -2.08. The van der Waals surface area contributed by atoms with E-state index in [0.717, 1.165) is 35.0 Å². The van der Waals surface area contributed by atoms with Crippen molar-refractivity contribution in [3.05, 3.63) is 46.8 Å². The number of hydrogen-bond acceptors (Lipinski definition) is 4. The van der Waals surface area contributed by atoms with E-state index in [-0.39, 0.29) is 11.3 Å². The summed E-state index contributed by atoms with van der Waals surface area (Å²) in [5.74, 6) is 0.533. The number of amides is 1. The third-order valence-corrected chi connectivity index (χ3v) is 4.97. The molecule has 4 rings (SSSR count). The molecule has 2 N–H and O–H groups in total. The van der Waals surface area contributed by atoms with Crippen LogP contribution in [0.2, 0.25) is 5.02 Å². The topological polar surface area (TPSA) is 80.2 Å². The van der Waals surface area contributed by atoms with Crippen molar-refractivity contribution in [1.29, 1.82) is 0 Å². The lowest BCUT2D eigenvalue weighted by molar-refractivity contribution is -0.125. The van der Waals surface area contributed by atoms with Gasteiger partial charge in [0.05, 0.1) is 6.54 Å². The molecule has 0 atom stereocenters. The molecule has 1 saturated carbocycles. The Kier molecular flexibility index (Phi) is 3.92. The molecule has 0 unspecified atom stereocenters. The molecule has 1 aromatic carbocycles. The highest BCUT2D eigenvalue weighted by atomic mass is 35.5. The van der Waals surface area contributed by atoms with Gasteiger partial charge in [0.25, 0.3) is 5.88 Å². The quantitative estimate of drug-likeness (QED) is 0.701. The Bertz CT molecular complexity index is 913. The van der Waals surface area contributed by atoms with Crippen LogP contribution >= 0.6 is 11.6 Å². The molecule has 0 saturated heterocycles. The number of ether oxygens (including phenoxy) is 1. The molecule has 0 aliphatic heterocycles. The van der Waals surface area contributed by atoms with Gasteiger partial charge < -0.3 is 19.6 Å². The van der Waals surface area contributed by atoms with E-state index in [0.29, 0.717) is 24.1 Å². The Morgan fingerprint density at radius 2 is 2.28 bits per heavy atom. The number of rotatable bonds is 6. The molecule has 1 amide bonds. The van der Waals surface area contributed by atoms with Gasteiger partial charge in [0.15, 0.2) is 0 Å². The number of H-pyrrole nitrogens is 1. The van der Waals surface area contributed by atoms with Gasteiger partial charge in [0.2, 0.25) is 5.91 Å². The first-order valence-corrected chi connectivity index (χ1v) is 8.53. The van der Waals surface area contributed by atoms with E-state index in [2.05, 4.69) is 15.5 Å². The monoisotopic (exact) mass is 359 g/mol. The normalized spacial score (nSPS) is 15.3. The van der Waals surface area contributed by atoms with Crippen molar-refractivity contribution in [1.82, 2.24) is 15.5 Å². The first-order valence-electron chi connectivity index (χ1n) is 8.15. The molecule has 0 bridgehead atoms. The fraction of sp³-hybridized carbons (Fsp3) is 0.333. The van der Waals surface area contributed by atoms with Crippen molar-refractivity contribution in [3.63, 3.8) is 0 Å². The number of nitrogens with one attached hydrogen (secondary N) is 2. The summed E-state index contributed by atoms with van der Waals surface area (Å²) >= 11 is 6.34. The summed E-state index contributed by atoms with van der Waals surface area (Å²) in [6.07, 6.45) is 3.39. The number of nitrogens with zero attached hydrogens (tertiary/aromatic N) is 1. The van der Waals surface area contributed by atoms with Gasteiger partial charge in [-0.05, 0) is 36.2 Å². The molecular weight excluding hydrogens is 342 g/mol. The summed E-state index contributed by atoms with van der Waals surface area (Å²) in [7, 11) is 0. The smallest absolute Gasteiger partial charge is 0.254 e. The molecule has 1 aliphatic carbocycles. The molecule has 3 aromatic rings. The van der Waals surface area contributed by atoms with E-state index < -0.39 is 0 Å². The van der Waals surface area contributed by atoms with E-state index in [9.17, 15) is 4.79 Å². The number of aromatic amines is 1. The second-order valence-electron chi connectivity index (χ2n) is 6.70. The fourth-order valence-electron chi connectivity index (χ4n) is 2.69. The number of benzene rings is 1. The van der Waals surface area contributed by atoms with Crippen LogP contribution in [-0.2, 0) is 17.9 Å². The predicted molar refractivity (Wildman–Crippen MR) is 93.3 cm³/mol. The van der Waals surface area contributed by atoms with E-state index in [1.54, 1.807) is 6.07 Å². The van der Waals surface area contributed by atoms with Crippen LogP contribution in [0, 0.1) is 5.41 Å². The van der Waals surface area contributed by atoms with Crippen molar-refractivity contribution in [2.75, 3.05) is 0 Å². The van der Waals surface area contributed by atoms with Crippen LogP contribution in [0.1, 0.15) is 31.0 Å². The number of fused-ring (bicyclic) bond motifs is 1. The molecule has 0 spiro atoms. The summed E-state index contributed by atoms with van der Waals surface area (Å²) in [5, 5.41) is 8.31. The number of halogens is 1. The zero-order valence-electron chi connectivity index (χ0n) is 13.8. The van der Waals surface area contributed by atoms with Gasteiger partial charge in [-0.1, -0.05) is 18.5 Å². The van der Waals surface area contributed by atoms with Crippen LogP contribution < -0.4 is 10.1 Å². The van der Waals surface area contributed by atoms with Gasteiger partial charge in [-0.3, -0.25) is 4.79 Å². The third kappa shape index (κ3) is 3.35. The standard InChI is InChI=1S/C18H18ClN3O3/c1-18(3-4-18)17(23)20-9-13-6-11-7-14(19)12(8-15(11)21-13)10-24-16-2-5-25-22-16/h2,5-8,21H,3-4,9-10H2,1H3,(H,20,23). The maximum absolute atomic E-state index is 12.0. The van der Waals surface area contributed by atoms with Gasteiger partial charge in [-0.2, -0.15) is 0 Å². The Hall–Kier alpha value is -2.47. The van der Waals surface area contributed by atoms with Crippen molar-refractivity contribution >= 4 is 28.4 Å². The van der Waals surface area contributed by atoms with Crippen LogP contribution in [0.3, 0.4) is 0 Å². The van der Waals surface area contributed by atoms with Crippen molar-refractivity contribution in [2.24, 2.45) is 5.41 Å². The number of aromatic nitrogens is 2. The highest BCUT2D eigenvalue weighted by Gasteiger charge is 2.44. The van der Waals surface area contributed by atoms with E-state index in [1.165, 1.54) is 6.26 Å². The Morgan fingerprint density at radius 3 is 3.00 bits per heavy atom. The highest BCUT2D eigenvalue weighted by molar-refractivity contribution is 6.32. The number of carbonyl (C=O) groups excluding carboxylic acids is 1. The van der Waals surface area contributed by atoms with Gasteiger partial charge in [-0.25, -0.2) is 0 Å². The first-order chi connectivity index (χ1) is 12.0.